The number of hydrogen-bond donors (Lipinski definition) is 2. The van der Waals surface area contributed by atoms with E-state index in [1.165, 1.54) is 0 Å². The van der Waals surface area contributed by atoms with Gasteiger partial charge in [0.25, 0.3) is 0 Å². The monoisotopic (exact) mass is 171 g/mol. The zero-order valence-electron chi connectivity index (χ0n) is 7.76. The zero-order chi connectivity index (χ0) is 9.03. The molecule has 1 aliphatic heterocycles. The van der Waals surface area contributed by atoms with Crippen LogP contribution in [0.5, 0.6) is 0 Å². The SMILES string of the molecule is CN=C(N)NCC1(C)CCOC1. The fraction of sp³-hybridized carbons (Fsp3) is 0.875. The molecule has 0 bridgehead atoms. The van der Waals surface area contributed by atoms with Crippen LogP contribution in [0.3, 0.4) is 0 Å². The van der Waals surface area contributed by atoms with Crippen LogP contribution in [0.1, 0.15) is 13.3 Å². The van der Waals surface area contributed by atoms with Crippen molar-refractivity contribution in [1.82, 2.24) is 5.32 Å². The van der Waals surface area contributed by atoms with Gasteiger partial charge in [-0.05, 0) is 6.42 Å². The molecular weight excluding hydrogens is 154 g/mol. The molecule has 0 aliphatic carbocycles. The average Bonchev–Trinajstić information content (AvgIpc) is 2.49. The molecule has 1 unspecified atom stereocenters. The maximum atomic E-state index is 5.51. The molecule has 4 nitrogen and oxygen atoms in total. The van der Waals surface area contributed by atoms with Gasteiger partial charge in [0, 0.05) is 25.6 Å². The third-order valence-electron chi connectivity index (χ3n) is 2.24. The minimum atomic E-state index is 0.231. The third kappa shape index (κ3) is 2.37. The first-order chi connectivity index (χ1) is 5.66. The van der Waals surface area contributed by atoms with E-state index in [9.17, 15) is 0 Å². The quantitative estimate of drug-likeness (QED) is 0.452. The summed E-state index contributed by atoms with van der Waals surface area (Å²) in [6.45, 7) is 4.71. The van der Waals surface area contributed by atoms with Crippen molar-refractivity contribution in [1.29, 1.82) is 0 Å². The van der Waals surface area contributed by atoms with Crippen LogP contribution in [0.25, 0.3) is 0 Å². The molecule has 70 valence electrons. The number of guanidine groups is 1. The molecule has 0 aromatic heterocycles. The summed E-state index contributed by atoms with van der Waals surface area (Å²) in [6, 6.07) is 0. The lowest BCUT2D eigenvalue weighted by Crippen LogP contribution is -2.40. The van der Waals surface area contributed by atoms with Crippen LogP contribution in [0.15, 0.2) is 4.99 Å². The Morgan fingerprint density at radius 3 is 3.00 bits per heavy atom. The lowest BCUT2D eigenvalue weighted by molar-refractivity contribution is 0.160. The van der Waals surface area contributed by atoms with E-state index in [0.29, 0.717) is 5.96 Å². The van der Waals surface area contributed by atoms with E-state index in [4.69, 9.17) is 10.5 Å². The van der Waals surface area contributed by atoms with Gasteiger partial charge in [-0.1, -0.05) is 6.92 Å². The molecule has 0 spiro atoms. The normalized spacial score (nSPS) is 30.7. The summed E-state index contributed by atoms with van der Waals surface area (Å²) in [4.78, 5) is 3.82. The second-order valence-corrected chi connectivity index (χ2v) is 3.58. The second kappa shape index (κ2) is 3.76. The first kappa shape index (κ1) is 9.32. The fourth-order valence-electron chi connectivity index (χ4n) is 1.23. The highest BCUT2D eigenvalue weighted by Crippen LogP contribution is 2.26. The molecule has 0 radical (unpaired) electrons. The number of nitrogens with zero attached hydrogens (tertiary/aromatic N) is 1. The van der Waals surface area contributed by atoms with Gasteiger partial charge in [0.2, 0.25) is 0 Å². The van der Waals surface area contributed by atoms with Crippen molar-refractivity contribution >= 4 is 5.96 Å². The van der Waals surface area contributed by atoms with Gasteiger partial charge in [0.05, 0.1) is 6.61 Å². The number of ether oxygens (including phenoxy) is 1. The third-order valence-corrected chi connectivity index (χ3v) is 2.24. The summed E-state index contributed by atoms with van der Waals surface area (Å²) >= 11 is 0. The van der Waals surface area contributed by atoms with E-state index in [1.807, 2.05) is 0 Å². The summed E-state index contributed by atoms with van der Waals surface area (Å²) < 4.78 is 5.31. The van der Waals surface area contributed by atoms with Crippen LogP contribution in [0.4, 0.5) is 0 Å². The molecular formula is C8H17N3O. The van der Waals surface area contributed by atoms with E-state index in [2.05, 4.69) is 17.2 Å². The van der Waals surface area contributed by atoms with Crippen LogP contribution in [0.2, 0.25) is 0 Å². The van der Waals surface area contributed by atoms with Gasteiger partial charge < -0.3 is 15.8 Å². The van der Waals surface area contributed by atoms with Gasteiger partial charge in [0.15, 0.2) is 5.96 Å². The van der Waals surface area contributed by atoms with E-state index in [0.717, 1.165) is 26.2 Å². The van der Waals surface area contributed by atoms with Crippen molar-refractivity contribution in [3.05, 3.63) is 0 Å². The Kier molecular flexibility index (Phi) is 2.92. The number of hydrogen-bond acceptors (Lipinski definition) is 2. The minimum Gasteiger partial charge on any atom is -0.381 e. The summed E-state index contributed by atoms with van der Waals surface area (Å²) in [6.07, 6.45) is 1.09. The lowest BCUT2D eigenvalue weighted by Gasteiger charge is -2.21. The Labute approximate surface area is 73.2 Å². The van der Waals surface area contributed by atoms with Gasteiger partial charge in [-0.3, -0.25) is 4.99 Å². The number of nitrogens with one attached hydrogen (secondary N) is 1. The molecule has 4 heteroatoms. The minimum absolute atomic E-state index is 0.231. The highest BCUT2D eigenvalue weighted by atomic mass is 16.5. The number of aliphatic imine (C=N–C) groups is 1. The average molecular weight is 171 g/mol. The van der Waals surface area contributed by atoms with Crippen molar-refractivity contribution in [2.24, 2.45) is 16.1 Å². The standard InChI is InChI=1S/C8H17N3O/c1-8(3-4-12-6-8)5-11-7(9)10-2/h3-6H2,1-2H3,(H3,9,10,11). The van der Waals surface area contributed by atoms with Gasteiger partial charge in [0.1, 0.15) is 0 Å². The molecule has 1 fully saturated rings. The van der Waals surface area contributed by atoms with Crippen molar-refractivity contribution in [2.75, 3.05) is 26.8 Å². The Hall–Kier alpha value is -0.770. The molecule has 1 rings (SSSR count). The van der Waals surface area contributed by atoms with E-state index in [-0.39, 0.29) is 5.41 Å². The predicted molar refractivity (Wildman–Crippen MR) is 49.1 cm³/mol. The Morgan fingerprint density at radius 2 is 2.50 bits per heavy atom. The maximum Gasteiger partial charge on any atom is 0.188 e. The predicted octanol–water partition coefficient (Wildman–Crippen LogP) is -0.0529. The van der Waals surface area contributed by atoms with Crippen molar-refractivity contribution in [2.45, 2.75) is 13.3 Å². The van der Waals surface area contributed by atoms with Crippen molar-refractivity contribution < 1.29 is 4.74 Å². The van der Waals surface area contributed by atoms with Gasteiger partial charge in [-0.15, -0.1) is 0 Å². The summed E-state index contributed by atoms with van der Waals surface area (Å²) in [5.41, 5.74) is 5.74. The highest BCUT2D eigenvalue weighted by Gasteiger charge is 2.29. The number of rotatable bonds is 2. The van der Waals surface area contributed by atoms with Crippen LogP contribution in [-0.4, -0.2) is 32.8 Å². The molecule has 1 saturated heterocycles. The van der Waals surface area contributed by atoms with E-state index in [1.54, 1.807) is 7.05 Å². The molecule has 0 amide bonds. The van der Waals surface area contributed by atoms with Crippen molar-refractivity contribution in [3.8, 4) is 0 Å². The van der Waals surface area contributed by atoms with E-state index >= 15 is 0 Å². The number of nitrogens with two attached hydrogens (primary N) is 1. The largest absolute Gasteiger partial charge is 0.381 e. The molecule has 1 aliphatic rings. The first-order valence-electron chi connectivity index (χ1n) is 4.20. The highest BCUT2D eigenvalue weighted by molar-refractivity contribution is 5.77. The molecule has 12 heavy (non-hydrogen) atoms. The molecule has 0 aromatic rings. The zero-order valence-corrected chi connectivity index (χ0v) is 7.76. The Morgan fingerprint density at radius 1 is 1.75 bits per heavy atom. The summed E-state index contributed by atoms with van der Waals surface area (Å²) in [5.74, 6) is 0.503. The summed E-state index contributed by atoms with van der Waals surface area (Å²) in [7, 11) is 1.68. The Balaban J connectivity index is 2.30. The van der Waals surface area contributed by atoms with Crippen LogP contribution in [-0.2, 0) is 4.74 Å². The first-order valence-corrected chi connectivity index (χ1v) is 4.20. The van der Waals surface area contributed by atoms with Crippen LogP contribution >= 0.6 is 0 Å². The molecule has 0 aromatic carbocycles. The van der Waals surface area contributed by atoms with Crippen molar-refractivity contribution in [3.63, 3.8) is 0 Å². The van der Waals surface area contributed by atoms with Gasteiger partial charge in [-0.25, -0.2) is 0 Å². The smallest absolute Gasteiger partial charge is 0.188 e. The molecule has 1 heterocycles. The second-order valence-electron chi connectivity index (χ2n) is 3.58. The molecule has 1 atom stereocenters. The van der Waals surface area contributed by atoms with Gasteiger partial charge in [-0.2, -0.15) is 0 Å². The van der Waals surface area contributed by atoms with Gasteiger partial charge >= 0.3 is 0 Å². The lowest BCUT2D eigenvalue weighted by atomic mass is 9.90. The fourth-order valence-corrected chi connectivity index (χ4v) is 1.23. The molecule has 3 N–H and O–H groups in total. The molecule has 0 saturated carbocycles. The topological polar surface area (TPSA) is 59.6 Å². The maximum absolute atomic E-state index is 5.51. The summed E-state index contributed by atoms with van der Waals surface area (Å²) in [5, 5.41) is 3.06. The van der Waals surface area contributed by atoms with E-state index < -0.39 is 0 Å². The Bertz CT molecular complexity index is 173. The van der Waals surface area contributed by atoms with Crippen LogP contribution in [0, 0.1) is 5.41 Å². The van der Waals surface area contributed by atoms with Crippen LogP contribution < -0.4 is 11.1 Å².